The van der Waals surface area contributed by atoms with Crippen LogP contribution >= 0.6 is 0 Å². The third-order valence-electron chi connectivity index (χ3n) is 6.83. The van der Waals surface area contributed by atoms with Gasteiger partial charge in [0, 0.05) is 18.4 Å². The molecule has 3 N–H and O–H groups in total. The van der Waals surface area contributed by atoms with Crippen LogP contribution in [-0.4, -0.2) is 42.3 Å². The zero-order chi connectivity index (χ0) is 23.4. The molecule has 0 heterocycles. The highest BCUT2D eigenvalue weighted by Crippen LogP contribution is 2.44. The number of nitrogens with one attached hydrogen (secondary N) is 2. The van der Waals surface area contributed by atoms with Crippen molar-refractivity contribution in [2.24, 2.45) is 11.8 Å². The number of alkyl carbamates (subject to hydrolysis) is 1. The highest BCUT2D eigenvalue weighted by Gasteiger charge is 2.30. The third kappa shape index (κ3) is 5.18. The molecule has 33 heavy (non-hydrogen) atoms. The Kier molecular flexibility index (Phi) is 6.96. The molecule has 0 saturated heterocycles. The van der Waals surface area contributed by atoms with E-state index < -0.39 is 18.1 Å². The van der Waals surface area contributed by atoms with Crippen LogP contribution in [0.3, 0.4) is 0 Å². The van der Waals surface area contributed by atoms with Crippen molar-refractivity contribution < 1.29 is 24.2 Å². The first-order valence-corrected chi connectivity index (χ1v) is 11.6. The Balaban J connectivity index is 1.22. The van der Waals surface area contributed by atoms with Crippen LogP contribution in [0.15, 0.2) is 48.5 Å². The average Bonchev–Trinajstić information content (AvgIpc) is 3.15. The summed E-state index contributed by atoms with van der Waals surface area (Å²) >= 11 is 0. The lowest BCUT2D eigenvalue weighted by atomic mass is 9.81. The predicted octanol–water partition coefficient (Wildman–Crippen LogP) is 3.92. The molecule has 7 nitrogen and oxygen atoms in total. The van der Waals surface area contributed by atoms with Crippen molar-refractivity contribution in [3.8, 4) is 11.1 Å². The van der Waals surface area contributed by atoms with Gasteiger partial charge in [0.15, 0.2) is 0 Å². The second kappa shape index (κ2) is 10.1. The summed E-state index contributed by atoms with van der Waals surface area (Å²) in [7, 11) is 0. The number of amides is 2. The molecule has 0 bridgehead atoms. The minimum atomic E-state index is -1.04. The molecule has 0 spiro atoms. The summed E-state index contributed by atoms with van der Waals surface area (Å²) < 4.78 is 5.59. The molecule has 7 heteroatoms. The highest BCUT2D eigenvalue weighted by atomic mass is 16.5. The van der Waals surface area contributed by atoms with Crippen LogP contribution in [-0.2, 0) is 14.3 Å². The summed E-state index contributed by atoms with van der Waals surface area (Å²) in [6.45, 7) is 2.26. The standard InChI is InChI=1S/C26H30N2O5/c1-16(25(30)31)28-24(29)18-12-10-17(11-13-18)14-27-26(32)33-15-23-21-8-4-2-6-19(21)20-7-3-5-9-22(20)23/h2-9,16-18,23H,10-15H2,1H3,(H,27,32)(H,28,29)(H,30,31)/t16-,17?,18?/m0/s1. The maximum absolute atomic E-state index is 12.4. The number of rotatable bonds is 7. The van der Waals surface area contributed by atoms with Crippen LogP contribution in [0.25, 0.3) is 11.1 Å². The molecule has 1 fully saturated rings. The summed E-state index contributed by atoms with van der Waals surface area (Å²) in [5.74, 6) is -1.09. The molecular weight excluding hydrogens is 420 g/mol. The molecule has 1 saturated carbocycles. The van der Waals surface area contributed by atoms with Gasteiger partial charge in [0.1, 0.15) is 12.6 Å². The van der Waals surface area contributed by atoms with Crippen LogP contribution in [0.2, 0.25) is 0 Å². The first kappa shape index (κ1) is 22.8. The van der Waals surface area contributed by atoms with Crippen molar-refractivity contribution in [2.45, 2.75) is 44.6 Å². The molecule has 0 radical (unpaired) electrons. The van der Waals surface area contributed by atoms with Crippen molar-refractivity contribution in [2.75, 3.05) is 13.2 Å². The highest BCUT2D eigenvalue weighted by molar-refractivity contribution is 5.84. The third-order valence-corrected chi connectivity index (χ3v) is 6.83. The van der Waals surface area contributed by atoms with Gasteiger partial charge in [-0.1, -0.05) is 48.5 Å². The smallest absolute Gasteiger partial charge is 0.407 e. The van der Waals surface area contributed by atoms with E-state index in [1.165, 1.54) is 29.2 Å². The fraction of sp³-hybridized carbons (Fsp3) is 0.423. The lowest BCUT2D eigenvalue weighted by molar-refractivity contribution is -0.142. The number of hydrogen-bond donors (Lipinski definition) is 3. The van der Waals surface area contributed by atoms with E-state index in [1.807, 2.05) is 24.3 Å². The largest absolute Gasteiger partial charge is 0.480 e. The molecule has 4 rings (SSSR count). The van der Waals surface area contributed by atoms with Gasteiger partial charge in [-0.3, -0.25) is 9.59 Å². The second-order valence-electron chi connectivity index (χ2n) is 8.99. The van der Waals surface area contributed by atoms with Gasteiger partial charge < -0.3 is 20.5 Å². The van der Waals surface area contributed by atoms with E-state index in [0.717, 1.165) is 12.8 Å². The zero-order valence-electron chi connectivity index (χ0n) is 18.8. The van der Waals surface area contributed by atoms with Crippen molar-refractivity contribution >= 4 is 18.0 Å². The van der Waals surface area contributed by atoms with Gasteiger partial charge in [-0.15, -0.1) is 0 Å². The van der Waals surface area contributed by atoms with Gasteiger partial charge in [-0.2, -0.15) is 0 Å². The number of carbonyl (C=O) groups excluding carboxylic acids is 2. The molecule has 174 valence electrons. The molecule has 0 unspecified atom stereocenters. The molecule has 2 aromatic rings. The van der Waals surface area contributed by atoms with Gasteiger partial charge in [0.2, 0.25) is 5.91 Å². The summed E-state index contributed by atoms with van der Waals surface area (Å²) in [6.07, 6.45) is 2.57. The Labute approximate surface area is 193 Å². The van der Waals surface area contributed by atoms with E-state index in [9.17, 15) is 14.4 Å². The van der Waals surface area contributed by atoms with E-state index >= 15 is 0 Å². The quantitative estimate of drug-likeness (QED) is 0.593. The SMILES string of the molecule is C[C@H](NC(=O)C1CCC(CNC(=O)OCC2c3ccccc3-c3ccccc32)CC1)C(=O)O. The fourth-order valence-corrected chi connectivity index (χ4v) is 4.90. The summed E-state index contributed by atoms with van der Waals surface area (Å²) in [5, 5.41) is 14.4. The number of ether oxygens (including phenoxy) is 1. The van der Waals surface area contributed by atoms with Gasteiger partial charge in [-0.05, 0) is 60.8 Å². The van der Waals surface area contributed by atoms with Crippen LogP contribution < -0.4 is 10.6 Å². The Morgan fingerprint density at radius 2 is 1.55 bits per heavy atom. The van der Waals surface area contributed by atoms with Crippen LogP contribution in [0.4, 0.5) is 4.79 Å². The second-order valence-corrected chi connectivity index (χ2v) is 8.99. The summed E-state index contributed by atoms with van der Waals surface area (Å²) in [4.78, 5) is 35.5. The van der Waals surface area contributed by atoms with Gasteiger partial charge in [-0.25, -0.2) is 4.79 Å². The van der Waals surface area contributed by atoms with E-state index in [0.29, 0.717) is 19.4 Å². The van der Waals surface area contributed by atoms with Crippen molar-refractivity contribution in [1.29, 1.82) is 0 Å². The number of hydrogen-bond acceptors (Lipinski definition) is 4. The topological polar surface area (TPSA) is 105 Å². The maximum atomic E-state index is 12.4. The number of aliphatic carboxylic acids is 1. The van der Waals surface area contributed by atoms with E-state index in [-0.39, 0.29) is 30.3 Å². The minimum Gasteiger partial charge on any atom is -0.480 e. The molecule has 2 amide bonds. The number of benzene rings is 2. The van der Waals surface area contributed by atoms with Gasteiger partial charge in [0.25, 0.3) is 0 Å². The van der Waals surface area contributed by atoms with Gasteiger partial charge >= 0.3 is 12.1 Å². The normalized spacial score (nSPS) is 20.3. The molecular formula is C26H30N2O5. The van der Waals surface area contributed by atoms with E-state index in [1.54, 1.807) is 0 Å². The molecule has 2 aromatic carbocycles. The van der Waals surface area contributed by atoms with Crippen LogP contribution in [0.5, 0.6) is 0 Å². The van der Waals surface area contributed by atoms with Gasteiger partial charge in [0.05, 0.1) is 0 Å². The molecule has 0 aliphatic heterocycles. The first-order valence-electron chi connectivity index (χ1n) is 11.6. The molecule has 0 aromatic heterocycles. The minimum absolute atomic E-state index is 0.0327. The van der Waals surface area contributed by atoms with Crippen LogP contribution in [0, 0.1) is 11.8 Å². The average molecular weight is 451 g/mol. The monoisotopic (exact) mass is 450 g/mol. The summed E-state index contributed by atoms with van der Waals surface area (Å²) in [6, 6.07) is 15.6. The number of carboxylic acid groups (broad SMARTS) is 1. The van der Waals surface area contributed by atoms with Crippen LogP contribution in [0.1, 0.15) is 49.7 Å². The van der Waals surface area contributed by atoms with E-state index in [2.05, 4.69) is 34.9 Å². The number of fused-ring (bicyclic) bond motifs is 3. The predicted molar refractivity (Wildman–Crippen MR) is 124 cm³/mol. The molecule has 2 aliphatic rings. The Hall–Kier alpha value is -3.35. The molecule has 2 aliphatic carbocycles. The Bertz CT molecular complexity index is 983. The first-order chi connectivity index (χ1) is 15.9. The number of carbonyl (C=O) groups is 3. The Morgan fingerprint density at radius 3 is 2.12 bits per heavy atom. The van der Waals surface area contributed by atoms with Crippen molar-refractivity contribution in [3.05, 3.63) is 59.7 Å². The summed E-state index contributed by atoms with van der Waals surface area (Å²) in [5.41, 5.74) is 4.75. The number of carboxylic acids is 1. The zero-order valence-corrected chi connectivity index (χ0v) is 18.8. The lowest BCUT2D eigenvalue weighted by Gasteiger charge is -2.28. The van der Waals surface area contributed by atoms with E-state index in [4.69, 9.17) is 9.84 Å². The van der Waals surface area contributed by atoms with Crippen molar-refractivity contribution in [3.63, 3.8) is 0 Å². The Morgan fingerprint density at radius 1 is 0.970 bits per heavy atom. The fourth-order valence-electron chi connectivity index (χ4n) is 4.90. The molecule has 1 atom stereocenters. The lowest BCUT2D eigenvalue weighted by Crippen LogP contribution is -2.43. The van der Waals surface area contributed by atoms with Crippen molar-refractivity contribution in [1.82, 2.24) is 10.6 Å². The maximum Gasteiger partial charge on any atom is 0.407 e.